The van der Waals surface area contributed by atoms with Crippen molar-refractivity contribution < 1.29 is 14.3 Å². The van der Waals surface area contributed by atoms with E-state index in [4.69, 9.17) is 4.74 Å². The highest BCUT2D eigenvalue weighted by molar-refractivity contribution is 5.95. The van der Waals surface area contributed by atoms with Crippen molar-refractivity contribution in [2.45, 2.75) is 31.1 Å². The normalized spacial score (nSPS) is 18.5. The summed E-state index contributed by atoms with van der Waals surface area (Å²) in [6.07, 6.45) is 4.02. The van der Waals surface area contributed by atoms with E-state index in [1.807, 2.05) is 28.0 Å². The number of ether oxygens (including phenoxy) is 1. The summed E-state index contributed by atoms with van der Waals surface area (Å²) in [5.41, 5.74) is 1.41. The third-order valence-electron chi connectivity index (χ3n) is 6.38. The summed E-state index contributed by atoms with van der Waals surface area (Å²) in [5, 5.41) is 0. The fourth-order valence-corrected chi connectivity index (χ4v) is 4.69. The molecule has 2 aromatic rings. The van der Waals surface area contributed by atoms with Gasteiger partial charge >= 0.3 is 0 Å². The minimum Gasteiger partial charge on any atom is -0.497 e. The maximum atomic E-state index is 13.5. The van der Waals surface area contributed by atoms with Gasteiger partial charge in [0.1, 0.15) is 5.75 Å². The number of hydrogen-bond acceptors (Lipinski definition) is 3. The number of rotatable bonds is 4. The van der Waals surface area contributed by atoms with Crippen LogP contribution in [-0.2, 0) is 10.2 Å². The molecule has 29 heavy (non-hydrogen) atoms. The number of piperazine rings is 1. The molecule has 1 aliphatic carbocycles. The highest BCUT2D eigenvalue weighted by atomic mass is 16.5. The van der Waals surface area contributed by atoms with Gasteiger partial charge in [0.25, 0.3) is 5.91 Å². The number of amides is 2. The zero-order chi connectivity index (χ0) is 20.3. The van der Waals surface area contributed by atoms with Gasteiger partial charge in [-0.15, -0.1) is 0 Å². The maximum Gasteiger partial charge on any atom is 0.253 e. The van der Waals surface area contributed by atoms with Gasteiger partial charge in [-0.3, -0.25) is 9.59 Å². The van der Waals surface area contributed by atoms with Crippen molar-refractivity contribution >= 4 is 11.8 Å². The summed E-state index contributed by atoms with van der Waals surface area (Å²) in [5.74, 6) is 0.982. The molecule has 2 amide bonds. The topological polar surface area (TPSA) is 49.9 Å². The van der Waals surface area contributed by atoms with Crippen molar-refractivity contribution in [2.75, 3.05) is 33.3 Å². The summed E-state index contributed by atoms with van der Waals surface area (Å²) in [7, 11) is 1.61. The second kappa shape index (κ2) is 8.27. The number of carbonyl (C=O) groups is 2. The van der Waals surface area contributed by atoms with Gasteiger partial charge in [-0.05, 0) is 42.7 Å². The molecule has 0 radical (unpaired) electrons. The van der Waals surface area contributed by atoms with Crippen LogP contribution in [0.1, 0.15) is 41.6 Å². The Kier molecular flexibility index (Phi) is 5.56. The van der Waals surface area contributed by atoms with E-state index in [-0.39, 0.29) is 17.2 Å². The third kappa shape index (κ3) is 3.74. The second-order valence-corrected chi connectivity index (χ2v) is 7.97. The molecular formula is C24H28N2O3. The fourth-order valence-electron chi connectivity index (χ4n) is 4.69. The van der Waals surface area contributed by atoms with E-state index in [2.05, 4.69) is 12.1 Å². The molecule has 0 N–H and O–H groups in total. The van der Waals surface area contributed by atoms with Crippen molar-refractivity contribution in [3.63, 3.8) is 0 Å². The van der Waals surface area contributed by atoms with Crippen LogP contribution in [0.3, 0.4) is 0 Å². The molecule has 1 heterocycles. The van der Waals surface area contributed by atoms with Gasteiger partial charge in [0, 0.05) is 31.7 Å². The highest BCUT2D eigenvalue weighted by Gasteiger charge is 2.45. The number of carbonyl (C=O) groups excluding carboxylic acids is 2. The Labute approximate surface area is 172 Å². The van der Waals surface area contributed by atoms with Gasteiger partial charge in [0.2, 0.25) is 5.91 Å². The quantitative estimate of drug-likeness (QED) is 0.800. The highest BCUT2D eigenvalue weighted by Crippen LogP contribution is 2.42. The lowest BCUT2D eigenvalue weighted by atomic mass is 9.77. The lowest BCUT2D eigenvalue weighted by Crippen LogP contribution is -2.55. The van der Waals surface area contributed by atoms with Crippen molar-refractivity contribution in [1.82, 2.24) is 9.80 Å². The monoisotopic (exact) mass is 392 g/mol. The van der Waals surface area contributed by atoms with Crippen LogP contribution in [0.25, 0.3) is 0 Å². The smallest absolute Gasteiger partial charge is 0.253 e. The van der Waals surface area contributed by atoms with Crippen molar-refractivity contribution in [2.24, 2.45) is 0 Å². The summed E-state index contributed by atoms with van der Waals surface area (Å²) in [6.45, 7) is 2.33. The van der Waals surface area contributed by atoms with Crippen LogP contribution in [0.2, 0.25) is 0 Å². The van der Waals surface area contributed by atoms with E-state index in [1.54, 1.807) is 31.4 Å². The molecule has 4 rings (SSSR count). The molecule has 2 aliphatic rings. The van der Waals surface area contributed by atoms with E-state index in [9.17, 15) is 9.59 Å². The minimum absolute atomic E-state index is 0.0124. The molecule has 2 fully saturated rings. The van der Waals surface area contributed by atoms with Gasteiger partial charge in [-0.1, -0.05) is 43.2 Å². The fraction of sp³-hybridized carbons (Fsp3) is 0.417. The van der Waals surface area contributed by atoms with Crippen LogP contribution >= 0.6 is 0 Å². The zero-order valence-electron chi connectivity index (χ0n) is 17.0. The first-order chi connectivity index (χ1) is 14.1. The van der Waals surface area contributed by atoms with E-state index >= 15 is 0 Å². The van der Waals surface area contributed by atoms with Crippen LogP contribution < -0.4 is 4.74 Å². The van der Waals surface area contributed by atoms with Gasteiger partial charge in [-0.2, -0.15) is 0 Å². The molecule has 0 atom stereocenters. The van der Waals surface area contributed by atoms with Crippen molar-refractivity contribution in [3.05, 3.63) is 65.7 Å². The summed E-state index contributed by atoms with van der Waals surface area (Å²) in [4.78, 5) is 30.2. The first-order valence-corrected chi connectivity index (χ1v) is 10.4. The Morgan fingerprint density at radius 3 is 2.00 bits per heavy atom. The molecule has 152 valence electrons. The summed E-state index contributed by atoms with van der Waals surface area (Å²) in [6, 6.07) is 17.4. The lowest BCUT2D eigenvalue weighted by molar-refractivity contribution is -0.138. The van der Waals surface area contributed by atoms with Crippen molar-refractivity contribution in [1.29, 1.82) is 0 Å². The lowest BCUT2D eigenvalue weighted by Gasteiger charge is -2.40. The Hall–Kier alpha value is -2.82. The van der Waals surface area contributed by atoms with Crippen molar-refractivity contribution in [3.8, 4) is 5.75 Å². The summed E-state index contributed by atoms with van der Waals surface area (Å²) >= 11 is 0. The van der Waals surface area contributed by atoms with Crippen LogP contribution in [0, 0.1) is 0 Å². The molecule has 1 saturated heterocycles. The van der Waals surface area contributed by atoms with Gasteiger partial charge < -0.3 is 14.5 Å². The zero-order valence-corrected chi connectivity index (χ0v) is 17.0. The molecule has 5 heteroatoms. The first kappa shape index (κ1) is 19.5. The first-order valence-electron chi connectivity index (χ1n) is 10.4. The predicted octanol–water partition coefficient (Wildman–Crippen LogP) is 3.49. The Morgan fingerprint density at radius 2 is 1.41 bits per heavy atom. The molecular weight excluding hydrogens is 364 g/mol. The molecule has 0 aromatic heterocycles. The molecule has 0 spiro atoms. The average molecular weight is 392 g/mol. The van der Waals surface area contributed by atoms with E-state index < -0.39 is 0 Å². The molecule has 1 aliphatic heterocycles. The Morgan fingerprint density at radius 1 is 0.828 bits per heavy atom. The summed E-state index contributed by atoms with van der Waals surface area (Å²) < 4.78 is 5.16. The predicted molar refractivity (Wildman–Crippen MR) is 112 cm³/mol. The van der Waals surface area contributed by atoms with Gasteiger partial charge in [-0.25, -0.2) is 0 Å². The van der Waals surface area contributed by atoms with E-state index in [0.717, 1.165) is 37.0 Å². The standard InChI is InChI=1S/C24H28N2O3/c1-29-21-11-9-19(10-12-21)22(27)25-15-17-26(18-16-25)23(28)24(13-5-6-14-24)20-7-3-2-4-8-20/h2-4,7-12H,5-6,13-18H2,1H3. The largest absolute Gasteiger partial charge is 0.497 e. The van der Waals surface area contributed by atoms with E-state index in [0.29, 0.717) is 31.7 Å². The Bertz CT molecular complexity index is 849. The number of nitrogens with zero attached hydrogens (tertiary/aromatic N) is 2. The molecule has 2 aromatic carbocycles. The van der Waals surface area contributed by atoms with Crippen LogP contribution in [0.4, 0.5) is 0 Å². The number of methoxy groups -OCH3 is 1. The van der Waals surface area contributed by atoms with Crippen LogP contribution in [-0.4, -0.2) is 54.9 Å². The molecule has 0 bridgehead atoms. The average Bonchev–Trinajstić information content (AvgIpc) is 3.30. The number of hydrogen-bond donors (Lipinski definition) is 0. The minimum atomic E-state index is -0.385. The Balaban J connectivity index is 1.43. The molecule has 1 saturated carbocycles. The molecule has 5 nitrogen and oxygen atoms in total. The molecule has 0 unspecified atom stereocenters. The van der Waals surface area contributed by atoms with Crippen LogP contribution in [0.5, 0.6) is 5.75 Å². The van der Waals surface area contributed by atoms with Crippen LogP contribution in [0.15, 0.2) is 54.6 Å². The van der Waals surface area contributed by atoms with Gasteiger partial charge in [0.05, 0.1) is 12.5 Å². The third-order valence-corrected chi connectivity index (χ3v) is 6.38. The maximum absolute atomic E-state index is 13.5. The van der Waals surface area contributed by atoms with Gasteiger partial charge in [0.15, 0.2) is 0 Å². The second-order valence-electron chi connectivity index (χ2n) is 7.97. The van der Waals surface area contributed by atoms with E-state index in [1.165, 1.54) is 0 Å². The number of benzene rings is 2. The SMILES string of the molecule is COc1ccc(C(=O)N2CCN(C(=O)C3(c4ccccc4)CCCC3)CC2)cc1.